The number of carbonyl (C=O) groups is 1. The van der Waals surface area contributed by atoms with Crippen LogP contribution in [0, 0.1) is 0 Å². The van der Waals surface area contributed by atoms with Crippen LogP contribution in [-0.2, 0) is 30.0 Å². The molecular formula is C28H38B2N2O6. The maximum Gasteiger partial charge on any atom is 0.496 e. The van der Waals surface area contributed by atoms with Gasteiger partial charge in [0.1, 0.15) is 6.61 Å². The molecule has 1 aromatic heterocycles. The summed E-state index contributed by atoms with van der Waals surface area (Å²) in [7, 11) is -1.19. The number of aromatic nitrogens is 1. The van der Waals surface area contributed by atoms with Crippen LogP contribution in [0.3, 0.4) is 0 Å². The quantitative estimate of drug-likeness (QED) is 0.545. The standard InChI is InChI=1S/C28H38B2N2O6/c1-25(2)26(3,4)36-29(35-25)22-14-21(16-31-17-22)15-23(30-37-27(5,6)28(7,8)38-30)18-32-24(33)34-19-20-12-10-9-11-13-20/h9-17H,18-19H2,1-8H3,(H,32,33). The van der Waals surface area contributed by atoms with Crippen LogP contribution in [-0.4, -0.2) is 54.3 Å². The number of alkyl carbamates (subject to hydrolysis) is 1. The third-order valence-corrected chi connectivity index (χ3v) is 7.86. The first-order chi connectivity index (χ1) is 17.7. The minimum atomic E-state index is -0.657. The first kappa shape index (κ1) is 28.4. The van der Waals surface area contributed by atoms with Crippen LogP contribution in [0.5, 0.6) is 0 Å². The SMILES string of the molecule is CC1(C)OB(C(=Cc2cncc(B3OC(C)(C)C(C)(C)O3)c2)CNC(=O)OCc2ccccc2)OC1(C)C. The van der Waals surface area contributed by atoms with E-state index in [2.05, 4.69) is 10.3 Å². The van der Waals surface area contributed by atoms with E-state index in [-0.39, 0.29) is 13.2 Å². The van der Waals surface area contributed by atoms with E-state index in [9.17, 15) is 4.79 Å². The monoisotopic (exact) mass is 520 g/mol. The fraction of sp³-hybridized carbons (Fsp3) is 0.500. The van der Waals surface area contributed by atoms with Crippen LogP contribution in [0.4, 0.5) is 4.79 Å². The van der Waals surface area contributed by atoms with Crippen molar-refractivity contribution in [2.45, 2.75) is 84.4 Å². The summed E-state index contributed by atoms with van der Waals surface area (Å²) in [6.07, 6.45) is 4.88. The van der Waals surface area contributed by atoms with Crippen molar-refractivity contribution in [3.8, 4) is 0 Å². The van der Waals surface area contributed by atoms with Crippen LogP contribution in [0.1, 0.15) is 66.5 Å². The summed E-state index contributed by atoms with van der Waals surface area (Å²) in [4.78, 5) is 16.9. The Labute approximate surface area is 226 Å². The lowest BCUT2D eigenvalue weighted by Crippen LogP contribution is -2.41. The summed E-state index contributed by atoms with van der Waals surface area (Å²) in [5.74, 6) is 0. The number of nitrogens with zero attached hydrogens (tertiary/aromatic N) is 1. The van der Waals surface area contributed by atoms with Crippen molar-refractivity contribution < 1.29 is 28.1 Å². The number of amides is 1. The van der Waals surface area contributed by atoms with Gasteiger partial charge in [-0.3, -0.25) is 4.98 Å². The molecule has 0 aliphatic carbocycles. The Kier molecular flexibility index (Phi) is 7.83. The number of carbonyl (C=O) groups excluding carboxylic acids is 1. The molecule has 2 aliphatic rings. The second-order valence-electron chi connectivity index (χ2n) is 11.9. The highest BCUT2D eigenvalue weighted by molar-refractivity contribution is 6.62. The van der Waals surface area contributed by atoms with E-state index in [1.54, 1.807) is 12.4 Å². The number of rotatable bonds is 7. The highest BCUT2D eigenvalue weighted by Gasteiger charge is 2.53. The van der Waals surface area contributed by atoms with E-state index >= 15 is 0 Å². The van der Waals surface area contributed by atoms with Gasteiger partial charge in [0.15, 0.2) is 0 Å². The molecule has 2 aromatic rings. The van der Waals surface area contributed by atoms with E-state index in [1.165, 1.54) is 0 Å². The molecule has 1 aromatic carbocycles. The highest BCUT2D eigenvalue weighted by atomic mass is 16.7. The van der Waals surface area contributed by atoms with Crippen molar-refractivity contribution >= 4 is 31.9 Å². The molecule has 38 heavy (non-hydrogen) atoms. The Morgan fingerprint density at radius 2 is 1.47 bits per heavy atom. The van der Waals surface area contributed by atoms with Crippen molar-refractivity contribution in [3.05, 3.63) is 65.4 Å². The largest absolute Gasteiger partial charge is 0.496 e. The Morgan fingerprint density at radius 3 is 2.08 bits per heavy atom. The molecule has 8 nitrogen and oxygen atoms in total. The normalized spacial score (nSPS) is 21.4. The predicted molar refractivity (Wildman–Crippen MR) is 149 cm³/mol. The molecule has 202 valence electrons. The second kappa shape index (κ2) is 10.5. The van der Waals surface area contributed by atoms with E-state index in [0.29, 0.717) is 0 Å². The number of hydrogen-bond acceptors (Lipinski definition) is 7. The smallest absolute Gasteiger partial charge is 0.445 e. The van der Waals surface area contributed by atoms with E-state index in [0.717, 1.165) is 22.1 Å². The Morgan fingerprint density at radius 1 is 0.895 bits per heavy atom. The summed E-state index contributed by atoms with van der Waals surface area (Å²) >= 11 is 0. The third kappa shape index (κ3) is 6.15. The van der Waals surface area contributed by atoms with Gasteiger partial charge in [0, 0.05) is 24.4 Å². The summed E-state index contributed by atoms with van der Waals surface area (Å²) in [5.41, 5.74) is 1.27. The average Bonchev–Trinajstić information content (AvgIpc) is 3.20. The molecule has 4 rings (SSSR count). The first-order valence-electron chi connectivity index (χ1n) is 13.0. The van der Waals surface area contributed by atoms with Crippen LogP contribution >= 0.6 is 0 Å². The molecular weight excluding hydrogens is 482 g/mol. The molecule has 2 fully saturated rings. The van der Waals surface area contributed by atoms with Crippen molar-refractivity contribution in [1.82, 2.24) is 10.3 Å². The molecule has 10 heteroatoms. The Balaban J connectivity index is 1.53. The average molecular weight is 520 g/mol. The van der Waals surface area contributed by atoms with Crippen LogP contribution < -0.4 is 10.8 Å². The summed E-state index contributed by atoms with van der Waals surface area (Å²) in [6, 6.07) is 11.5. The number of pyridine rings is 1. The zero-order chi connectivity index (χ0) is 27.8. The van der Waals surface area contributed by atoms with Crippen molar-refractivity contribution in [2.75, 3.05) is 6.54 Å². The van der Waals surface area contributed by atoms with Crippen molar-refractivity contribution in [2.24, 2.45) is 0 Å². The van der Waals surface area contributed by atoms with E-state index in [1.807, 2.05) is 97.9 Å². The molecule has 2 aliphatic heterocycles. The minimum absolute atomic E-state index is 0.172. The van der Waals surface area contributed by atoms with Gasteiger partial charge in [0.25, 0.3) is 0 Å². The van der Waals surface area contributed by atoms with Gasteiger partial charge in [-0.25, -0.2) is 4.79 Å². The van der Waals surface area contributed by atoms with Gasteiger partial charge in [0.2, 0.25) is 0 Å². The zero-order valence-corrected chi connectivity index (χ0v) is 23.7. The lowest BCUT2D eigenvalue weighted by atomic mass is 9.76. The lowest BCUT2D eigenvalue weighted by Gasteiger charge is -2.32. The van der Waals surface area contributed by atoms with Gasteiger partial charge in [-0.05, 0) is 72.0 Å². The zero-order valence-electron chi connectivity index (χ0n) is 23.7. The molecule has 0 saturated carbocycles. The number of benzene rings is 1. The maximum atomic E-state index is 12.5. The topological polar surface area (TPSA) is 88.1 Å². The molecule has 0 spiro atoms. The van der Waals surface area contributed by atoms with Crippen molar-refractivity contribution in [1.29, 1.82) is 0 Å². The molecule has 0 unspecified atom stereocenters. The van der Waals surface area contributed by atoms with Gasteiger partial charge in [-0.1, -0.05) is 42.5 Å². The molecule has 0 radical (unpaired) electrons. The summed E-state index contributed by atoms with van der Waals surface area (Å²) in [5, 5.41) is 2.84. The number of hydrogen-bond donors (Lipinski definition) is 1. The molecule has 3 heterocycles. The molecule has 1 amide bonds. The highest BCUT2D eigenvalue weighted by Crippen LogP contribution is 2.39. The van der Waals surface area contributed by atoms with Crippen LogP contribution in [0.15, 0.2) is 54.3 Å². The fourth-order valence-corrected chi connectivity index (χ4v) is 4.02. The van der Waals surface area contributed by atoms with E-state index < -0.39 is 42.7 Å². The third-order valence-electron chi connectivity index (χ3n) is 7.86. The lowest BCUT2D eigenvalue weighted by molar-refractivity contribution is 0.00578. The summed E-state index contributed by atoms with van der Waals surface area (Å²) < 4.78 is 30.4. The van der Waals surface area contributed by atoms with Gasteiger partial charge >= 0.3 is 20.3 Å². The maximum absolute atomic E-state index is 12.5. The Hall–Kier alpha value is -2.65. The van der Waals surface area contributed by atoms with Gasteiger partial charge in [-0.15, -0.1) is 0 Å². The Bertz CT molecular complexity index is 1150. The fourth-order valence-electron chi connectivity index (χ4n) is 4.02. The van der Waals surface area contributed by atoms with E-state index in [4.69, 9.17) is 23.4 Å². The molecule has 0 atom stereocenters. The van der Waals surface area contributed by atoms with Gasteiger partial charge in [0.05, 0.1) is 22.4 Å². The van der Waals surface area contributed by atoms with Crippen LogP contribution in [0.25, 0.3) is 6.08 Å². The second-order valence-corrected chi connectivity index (χ2v) is 11.9. The van der Waals surface area contributed by atoms with Gasteiger partial charge < -0.3 is 28.7 Å². The minimum Gasteiger partial charge on any atom is -0.445 e. The van der Waals surface area contributed by atoms with Crippen LogP contribution in [0.2, 0.25) is 0 Å². The number of ether oxygens (including phenoxy) is 1. The predicted octanol–water partition coefficient (Wildman–Crippen LogP) is 4.32. The van der Waals surface area contributed by atoms with Gasteiger partial charge in [-0.2, -0.15) is 0 Å². The molecule has 0 bridgehead atoms. The molecule has 2 saturated heterocycles. The first-order valence-corrected chi connectivity index (χ1v) is 13.0. The summed E-state index contributed by atoms with van der Waals surface area (Å²) in [6.45, 7) is 16.4. The van der Waals surface area contributed by atoms with Crippen molar-refractivity contribution in [3.63, 3.8) is 0 Å². The number of nitrogens with one attached hydrogen (secondary N) is 1. The molecule has 1 N–H and O–H groups in total.